The molecular formula is C15HF31O8. The average Bonchev–Trinajstić information content (AvgIpc) is 2.77. The van der Waals surface area contributed by atoms with Crippen molar-refractivity contribution in [2.24, 2.45) is 0 Å². The molecule has 1 N–H and O–H groups in total. The highest BCUT2D eigenvalue weighted by molar-refractivity contribution is 4.83. The number of hydrogen-bond donors (Lipinski definition) is 1. The van der Waals surface area contributed by atoms with E-state index in [2.05, 4.69) is 0 Å². The second-order valence-electron chi connectivity index (χ2n) is 8.42. The molecule has 0 fully saturated rings. The highest BCUT2D eigenvalue weighted by atomic mass is 19.4. The number of aliphatic hydroxyl groups is 1. The Kier molecular flexibility index (Phi) is 13.2. The second-order valence-corrected chi connectivity index (χ2v) is 8.42. The van der Waals surface area contributed by atoms with E-state index in [1.807, 2.05) is 0 Å². The van der Waals surface area contributed by atoms with Crippen molar-refractivity contribution in [2.45, 2.75) is 91.9 Å². The minimum absolute atomic E-state index is 0.990. The maximum Gasteiger partial charge on any atom is 0.527 e. The van der Waals surface area contributed by atoms with E-state index in [-0.39, 0.29) is 0 Å². The first kappa shape index (κ1) is 51.5. The highest BCUT2D eigenvalue weighted by Crippen LogP contribution is 2.55. The lowest BCUT2D eigenvalue weighted by Gasteiger charge is -2.37. The summed E-state index contributed by atoms with van der Waals surface area (Å²) < 4.78 is 409. The zero-order valence-electron chi connectivity index (χ0n) is 22.5. The highest BCUT2D eigenvalue weighted by Gasteiger charge is 2.81. The summed E-state index contributed by atoms with van der Waals surface area (Å²) in [6.07, 6.45) is -120. The third-order valence-corrected chi connectivity index (χ3v) is 4.17. The van der Waals surface area contributed by atoms with Gasteiger partial charge in [0.05, 0.1) is 0 Å². The van der Waals surface area contributed by atoms with Gasteiger partial charge in [0.25, 0.3) is 0 Å². The van der Waals surface area contributed by atoms with Crippen molar-refractivity contribution < 1.29 is 174 Å². The molecule has 0 rings (SSSR count). The normalized spacial score (nSPS) is 16.7. The second kappa shape index (κ2) is 13.9. The molecule has 0 radical (unpaired) electrons. The van der Waals surface area contributed by atoms with Crippen LogP contribution in [0.1, 0.15) is 0 Å². The Bertz CT molecular complexity index is 1280. The molecule has 0 aromatic rings. The van der Waals surface area contributed by atoms with Crippen LogP contribution in [0.25, 0.3) is 0 Å². The molecule has 54 heavy (non-hydrogen) atoms. The van der Waals surface area contributed by atoms with Crippen molar-refractivity contribution in [3.05, 3.63) is 0 Å². The fraction of sp³-hybridized carbons (Fsp3) is 1.00. The van der Waals surface area contributed by atoms with E-state index in [4.69, 9.17) is 5.11 Å². The summed E-state index contributed by atoms with van der Waals surface area (Å²) in [5.41, 5.74) is 0. The van der Waals surface area contributed by atoms with E-state index in [1.54, 1.807) is 0 Å². The number of rotatable bonds is 20. The van der Waals surface area contributed by atoms with Gasteiger partial charge < -0.3 is 5.11 Å². The Morgan fingerprint density at radius 2 is 0.296 bits per heavy atom. The summed E-state index contributed by atoms with van der Waals surface area (Å²) in [6.45, 7) is 0. The van der Waals surface area contributed by atoms with Crippen molar-refractivity contribution >= 4 is 0 Å². The average molecular weight is 898 g/mol. The van der Waals surface area contributed by atoms with E-state index in [1.165, 1.54) is 9.47 Å². The standard InChI is InChI=1S/C15HF31O8/c16-1(17,47)2(18,19)48-3(20,21)4(22,23)49-5(24,25)6(26,27)50-7(28,29)8(30,31)51-9(32,33)10(34,35)52-11(36,37)12(38,39)53-13(40,41)14(42,43)54-15(44,45)46/h47H. The summed E-state index contributed by atoms with van der Waals surface area (Å²) in [5.74, 6) is 0. The smallest absolute Gasteiger partial charge is 0.329 e. The van der Waals surface area contributed by atoms with Gasteiger partial charge >= 0.3 is 91.9 Å². The molecule has 0 saturated carbocycles. The first-order valence-electron chi connectivity index (χ1n) is 10.7. The predicted molar refractivity (Wildman–Crippen MR) is 85.1 cm³/mol. The van der Waals surface area contributed by atoms with Crippen molar-refractivity contribution in [3.8, 4) is 0 Å². The largest absolute Gasteiger partial charge is 0.527 e. The molecule has 0 saturated heterocycles. The zero-order valence-corrected chi connectivity index (χ0v) is 22.5. The SMILES string of the molecule is OC(F)(F)C(F)(F)OC(F)(F)C(F)(F)OC(F)(F)C(F)(F)OC(F)(F)C(F)(F)OC(F)(F)C(F)(F)OC(F)(F)C(F)(F)OC(F)(F)C(F)(F)OC(F)(F)F. The van der Waals surface area contributed by atoms with Gasteiger partial charge in [0.2, 0.25) is 0 Å². The molecule has 0 heterocycles. The lowest BCUT2D eigenvalue weighted by molar-refractivity contribution is -0.600. The van der Waals surface area contributed by atoms with Crippen LogP contribution in [0.3, 0.4) is 0 Å². The summed E-state index contributed by atoms with van der Waals surface area (Å²) in [4.78, 5) is 0. The third kappa shape index (κ3) is 11.1. The minimum atomic E-state index is -8.44. The van der Waals surface area contributed by atoms with E-state index in [0.29, 0.717) is 0 Å². The molecule has 0 bridgehead atoms. The topological polar surface area (TPSA) is 84.8 Å². The Morgan fingerprint density at radius 1 is 0.185 bits per heavy atom. The van der Waals surface area contributed by atoms with E-state index >= 15 is 0 Å². The number of halogens is 31. The molecule has 0 aromatic carbocycles. The number of alkyl halides is 31. The first-order valence-corrected chi connectivity index (χ1v) is 10.7. The van der Waals surface area contributed by atoms with Crippen molar-refractivity contribution in [3.63, 3.8) is 0 Å². The van der Waals surface area contributed by atoms with E-state index < -0.39 is 91.9 Å². The summed E-state index contributed by atoms with van der Waals surface area (Å²) in [6, 6.07) is 0. The molecular weight excluding hydrogens is 897 g/mol. The molecule has 0 aliphatic rings. The van der Waals surface area contributed by atoms with Crippen LogP contribution in [-0.4, -0.2) is 97.0 Å². The molecule has 39 heteroatoms. The zero-order chi connectivity index (χ0) is 44.4. The molecule has 0 aliphatic carbocycles. The number of hydrogen-bond acceptors (Lipinski definition) is 8. The lowest BCUT2D eigenvalue weighted by atomic mass is 10.4. The molecule has 0 unspecified atom stereocenters. The Balaban J connectivity index is 6.38. The Labute approximate surface area is 268 Å². The number of ether oxygens (including phenoxy) is 7. The van der Waals surface area contributed by atoms with Crippen LogP contribution < -0.4 is 0 Å². The molecule has 0 spiro atoms. The van der Waals surface area contributed by atoms with Crippen molar-refractivity contribution in [1.82, 2.24) is 0 Å². The van der Waals surface area contributed by atoms with Gasteiger partial charge in [-0.2, -0.15) is 123 Å². The lowest BCUT2D eigenvalue weighted by Crippen LogP contribution is -2.62. The summed E-state index contributed by atoms with van der Waals surface area (Å²) >= 11 is 0. The molecule has 0 aliphatic heterocycles. The van der Waals surface area contributed by atoms with Crippen LogP contribution in [0, 0.1) is 0 Å². The van der Waals surface area contributed by atoms with Crippen LogP contribution >= 0.6 is 0 Å². The van der Waals surface area contributed by atoms with Gasteiger partial charge in [-0.1, -0.05) is 0 Å². The van der Waals surface area contributed by atoms with Gasteiger partial charge in [-0.3, -0.25) is 0 Å². The maximum atomic E-state index is 13.4. The maximum absolute atomic E-state index is 13.4. The minimum Gasteiger partial charge on any atom is -0.329 e. The molecule has 0 amide bonds. The molecule has 8 nitrogen and oxygen atoms in total. The van der Waals surface area contributed by atoms with Crippen LogP contribution in [-0.2, 0) is 33.2 Å². The fourth-order valence-corrected chi connectivity index (χ4v) is 1.89. The first-order chi connectivity index (χ1) is 22.7. The van der Waals surface area contributed by atoms with Crippen LogP contribution in [0.4, 0.5) is 136 Å². The summed E-state index contributed by atoms with van der Waals surface area (Å²) in [5, 5.41) is 7.51. The van der Waals surface area contributed by atoms with Gasteiger partial charge in [0.1, 0.15) is 0 Å². The van der Waals surface area contributed by atoms with Crippen LogP contribution in [0.2, 0.25) is 0 Å². The third-order valence-electron chi connectivity index (χ3n) is 4.17. The fourth-order valence-electron chi connectivity index (χ4n) is 1.89. The van der Waals surface area contributed by atoms with Gasteiger partial charge in [-0.25, -0.2) is 33.2 Å². The van der Waals surface area contributed by atoms with Crippen molar-refractivity contribution in [1.29, 1.82) is 0 Å². The Hall–Kier alpha value is -2.49. The van der Waals surface area contributed by atoms with E-state index in [0.717, 1.165) is 23.7 Å². The van der Waals surface area contributed by atoms with Crippen LogP contribution in [0.5, 0.6) is 0 Å². The van der Waals surface area contributed by atoms with Gasteiger partial charge in [-0.05, 0) is 0 Å². The van der Waals surface area contributed by atoms with Gasteiger partial charge in [-0.15, -0.1) is 13.2 Å². The van der Waals surface area contributed by atoms with Crippen molar-refractivity contribution in [2.75, 3.05) is 0 Å². The molecule has 326 valence electrons. The Morgan fingerprint density at radius 3 is 0.407 bits per heavy atom. The van der Waals surface area contributed by atoms with E-state index in [9.17, 15) is 136 Å². The molecule has 0 atom stereocenters. The predicted octanol–water partition coefficient (Wildman–Crippen LogP) is 8.91. The molecule has 0 aromatic heterocycles. The van der Waals surface area contributed by atoms with Gasteiger partial charge in [0.15, 0.2) is 0 Å². The quantitative estimate of drug-likeness (QED) is 0.122. The summed E-state index contributed by atoms with van der Waals surface area (Å²) in [7, 11) is 0. The van der Waals surface area contributed by atoms with Crippen LogP contribution in [0.15, 0.2) is 0 Å². The monoisotopic (exact) mass is 898 g/mol. The van der Waals surface area contributed by atoms with Gasteiger partial charge in [0, 0.05) is 0 Å².